The Morgan fingerprint density at radius 3 is 2.18 bits per heavy atom. The lowest BCUT2D eigenvalue weighted by Crippen LogP contribution is -2.15. The van der Waals surface area contributed by atoms with Gasteiger partial charge >= 0.3 is 12.1 Å². The van der Waals surface area contributed by atoms with Crippen molar-refractivity contribution in [3.05, 3.63) is 77.0 Å². The maximum Gasteiger partial charge on any atom is 0.417 e. The second-order valence-corrected chi connectivity index (χ2v) is 5.56. The lowest BCUT2D eigenvalue weighted by Gasteiger charge is -2.12. The number of pyridine rings is 1. The van der Waals surface area contributed by atoms with E-state index in [-0.39, 0.29) is 17.1 Å². The number of hydrogen-bond donors (Lipinski definition) is 1. The number of ketones is 1. The summed E-state index contributed by atoms with van der Waals surface area (Å²) in [7, 11) is 0. The standard InChI is InChI=1S/C18H9F4N3O3/c19-10-2-3-12(18(20,21)22)11(7-10)16(26)14-4-1-9(8-23-14)13-5-6-15(17(27)28)25-24-13/h1-8H,(H,27,28). The number of carboxylic acids is 1. The van der Waals surface area contributed by atoms with Gasteiger partial charge in [-0.05, 0) is 42.5 Å². The smallest absolute Gasteiger partial charge is 0.417 e. The Balaban J connectivity index is 1.93. The van der Waals surface area contributed by atoms with E-state index >= 15 is 0 Å². The van der Waals surface area contributed by atoms with Crippen LogP contribution in [0.3, 0.4) is 0 Å². The van der Waals surface area contributed by atoms with Crippen molar-refractivity contribution in [2.45, 2.75) is 6.18 Å². The summed E-state index contributed by atoms with van der Waals surface area (Å²) in [4.78, 5) is 27.0. The van der Waals surface area contributed by atoms with E-state index in [1.54, 1.807) is 0 Å². The number of carboxylic acid groups (broad SMARTS) is 1. The second kappa shape index (κ2) is 7.14. The molecule has 142 valence electrons. The van der Waals surface area contributed by atoms with Crippen LogP contribution in [0.5, 0.6) is 0 Å². The third-order valence-electron chi connectivity index (χ3n) is 3.71. The van der Waals surface area contributed by atoms with Crippen molar-refractivity contribution in [2.75, 3.05) is 0 Å². The molecule has 1 N–H and O–H groups in total. The molecule has 0 radical (unpaired) electrons. The summed E-state index contributed by atoms with van der Waals surface area (Å²) in [6.45, 7) is 0. The number of carbonyl (C=O) groups is 2. The number of benzene rings is 1. The van der Waals surface area contributed by atoms with Crippen molar-refractivity contribution in [2.24, 2.45) is 0 Å². The topological polar surface area (TPSA) is 93.0 Å². The van der Waals surface area contributed by atoms with E-state index in [0.29, 0.717) is 23.8 Å². The van der Waals surface area contributed by atoms with Gasteiger partial charge in [0.15, 0.2) is 5.69 Å². The van der Waals surface area contributed by atoms with Crippen LogP contribution < -0.4 is 0 Å². The van der Waals surface area contributed by atoms with Crippen molar-refractivity contribution < 1.29 is 32.3 Å². The minimum Gasteiger partial charge on any atom is -0.476 e. The molecular weight excluding hydrogens is 382 g/mol. The molecule has 10 heteroatoms. The third kappa shape index (κ3) is 3.85. The summed E-state index contributed by atoms with van der Waals surface area (Å²) < 4.78 is 52.6. The van der Waals surface area contributed by atoms with E-state index in [4.69, 9.17) is 5.11 Å². The van der Waals surface area contributed by atoms with Gasteiger partial charge in [0.1, 0.15) is 11.5 Å². The number of halogens is 4. The van der Waals surface area contributed by atoms with Crippen LogP contribution in [0.15, 0.2) is 48.7 Å². The van der Waals surface area contributed by atoms with E-state index in [1.165, 1.54) is 24.4 Å². The Kier molecular flexibility index (Phi) is 4.87. The molecule has 3 aromatic rings. The Labute approximate surface area is 154 Å². The summed E-state index contributed by atoms with van der Waals surface area (Å²) in [5.41, 5.74) is -2.10. The number of aromatic carboxylic acids is 1. The molecule has 0 unspecified atom stereocenters. The van der Waals surface area contributed by atoms with Gasteiger partial charge in [-0.25, -0.2) is 9.18 Å². The molecular formula is C18H9F4N3O3. The monoisotopic (exact) mass is 391 g/mol. The minimum atomic E-state index is -4.83. The number of nitrogens with zero attached hydrogens (tertiary/aromatic N) is 3. The zero-order valence-corrected chi connectivity index (χ0v) is 13.7. The largest absolute Gasteiger partial charge is 0.476 e. The van der Waals surface area contributed by atoms with Crippen LogP contribution in [0.1, 0.15) is 32.1 Å². The lowest BCUT2D eigenvalue weighted by molar-refractivity contribution is -0.137. The average molecular weight is 391 g/mol. The minimum absolute atomic E-state index is 0.248. The van der Waals surface area contributed by atoms with Crippen LogP contribution in [-0.4, -0.2) is 32.0 Å². The summed E-state index contributed by atoms with van der Waals surface area (Å²) >= 11 is 0. The van der Waals surface area contributed by atoms with E-state index in [0.717, 1.165) is 6.07 Å². The molecule has 0 saturated carbocycles. The van der Waals surface area contributed by atoms with E-state index in [1.807, 2.05) is 0 Å². The zero-order chi connectivity index (χ0) is 20.5. The van der Waals surface area contributed by atoms with Gasteiger partial charge in [0, 0.05) is 17.3 Å². The van der Waals surface area contributed by atoms with Gasteiger partial charge in [-0.3, -0.25) is 9.78 Å². The van der Waals surface area contributed by atoms with Gasteiger partial charge in [-0.15, -0.1) is 10.2 Å². The molecule has 0 amide bonds. The SMILES string of the molecule is O=C(O)c1ccc(-c2ccc(C(=O)c3cc(F)ccc3C(F)(F)F)nc2)nn1. The Morgan fingerprint density at radius 1 is 0.929 bits per heavy atom. The molecule has 0 aliphatic heterocycles. The first-order valence-corrected chi connectivity index (χ1v) is 7.61. The Bertz CT molecular complexity index is 1050. The van der Waals surface area contributed by atoms with Crippen molar-refractivity contribution in [3.63, 3.8) is 0 Å². The van der Waals surface area contributed by atoms with Crippen molar-refractivity contribution >= 4 is 11.8 Å². The Morgan fingerprint density at radius 2 is 1.64 bits per heavy atom. The summed E-state index contributed by atoms with van der Waals surface area (Å²) in [5.74, 6) is -3.33. The highest BCUT2D eigenvalue weighted by molar-refractivity contribution is 6.08. The summed E-state index contributed by atoms with van der Waals surface area (Å²) in [6, 6.07) is 6.73. The molecule has 0 saturated heterocycles. The molecule has 2 heterocycles. The van der Waals surface area contributed by atoms with Gasteiger partial charge in [0.25, 0.3) is 0 Å². The van der Waals surface area contributed by atoms with Crippen molar-refractivity contribution in [1.82, 2.24) is 15.2 Å². The first kappa shape index (κ1) is 19.1. The molecule has 0 fully saturated rings. The van der Waals surface area contributed by atoms with Gasteiger partial charge in [-0.2, -0.15) is 13.2 Å². The second-order valence-electron chi connectivity index (χ2n) is 5.56. The van der Waals surface area contributed by atoms with E-state index in [9.17, 15) is 27.2 Å². The molecule has 0 aliphatic rings. The Hall–Kier alpha value is -3.69. The number of aromatic nitrogens is 3. The first-order valence-electron chi connectivity index (χ1n) is 7.61. The maximum atomic E-state index is 13.4. The van der Waals surface area contributed by atoms with Crippen LogP contribution in [0.4, 0.5) is 17.6 Å². The fourth-order valence-electron chi connectivity index (χ4n) is 2.37. The van der Waals surface area contributed by atoms with Crippen LogP contribution in [0, 0.1) is 5.82 Å². The molecule has 0 atom stereocenters. The third-order valence-corrected chi connectivity index (χ3v) is 3.71. The number of carbonyl (C=O) groups excluding carboxylic acids is 1. The predicted molar refractivity (Wildman–Crippen MR) is 87.1 cm³/mol. The number of rotatable bonds is 4. The normalized spacial score (nSPS) is 11.3. The van der Waals surface area contributed by atoms with Gasteiger partial charge in [-0.1, -0.05) is 0 Å². The van der Waals surface area contributed by atoms with Gasteiger partial charge < -0.3 is 5.11 Å². The van der Waals surface area contributed by atoms with E-state index in [2.05, 4.69) is 15.2 Å². The van der Waals surface area contributed by atoms with E-state index < -0.39 is 34.9 Å². The van der Waals surface area contributed by atoms with Gasteiger partial charge in [0.05, 0.1) is 11.3 Å². The molecule has 3 rings (SSSR count). The quantitative estimate of drug-likeness (QED) is 0.539. The summed E-state index contributed by atoms with van der Waals surface area (Å²) in [5, 5.41) is 16.0. The maximum absolute atomic E-state index is 13.4. The number of hydrogen-bond acceptors (Lipinski definition) is 5. The molecule has 0 spiro atoms. The highest BCUT2D eigenvalue weighted by atomic mass is 19.4. The van der Waals surface area contributed by atoms with Crippen LogP contribution >= 0.6 is 0 Å². The van der Waals surface area contributed by atoms with Crippen LogP contribution in [0.25, 0.3) is 11.3 Å². The predicted octanol–water partition coefficient (Wildman–Crippen LogP) is 3.63. The number of alkyl halides is 3. The lowest BCUT2D eigenvalue weighted by atomic mass is 10.00. The molecule has 0 bridgehead atoms. The van der Waals surface area contributed by atoms with Crippen LogP contribution in [0.2, 0.25) is 0 Å². The van der Waals surface area contributed by atoms with Crippen LogP contribution in [-0.2, 0) is 6.18 Å². The fourth-order valence-corrected chi connectivity index (χ4v) is 2.37. The molecule has 28 heavy (non-hydrogen) atoms. The molecule has 1 aromatic carbocycles. The van der Waals surface area contributed by atoms with Crippen molar-refractivity contribution in [1.29, 1.82) is 0 Å². The van der Waals surface area contributed by atoms with Crippen molar-refractivity contribution in [3.8, 4) is 11.3 Å². The highest BCUT2D eigenvalue weighted by Crippen LogP contribution is 2.33. The highest BCUT2D eigenvalue weighted by Gasteiger charge is 2.35. The zero-order valence-electron chi connectivity index (χ0n) is 13.7. The molecule has 6 nitrogen and oxygen atoms in total. The molecule has 0 aliphatic carbocycles. The first-order chi connectivity index (χ1) is 13.2. The molecule has 2 aromatic heterocycles. The summed E-state index contributed by atoms with van der Waals surface area (Å²) in [6.07, 6.45) is -3.66. The van der Waals surface area contributed by atoms with Gasteiger partial charge in [0.2, 0.25) is 5.78 Å². The average Bonchev–Trinajstić information content (AvgIpc) is 2.66. The fraction of sp³-hybridized carbons (Fsp3) is 0.0556.